The number of halogens is 4. The number of hydrogen-bond acceptors (Lipinski definition) is 5. The first kappa shape index (κ1) is 32.8. The summed E-state index contributed by atoms with van der Waals surface area (Å²) in [4.78, 5) is 41.1. The molecule has 4 N–H and O–H groups in total. The molecule has 1 aliphatic heterocycles. The fourth-order valence-corrected chi connectivity index (χ4v) is 5.52. The third kappa shape index (κ3) is 6.68. The van der Waals surface area contributed by atoms with Gasteiger partial charge in [0.25, 0.3) is 17.7 Å². The number of rotatable bonds is 9. The number of benzene rings is 3. The zero-order chi connectivity index (χ0) is 32.4. The van der Waals surface area contributed by atoms with Crippen molar-refractivity contribution in [3.05, 3.63) is 99.8 Å². The average molecular weight is 632 g/mol. The molecule has 1 saturated heterocycles. The lowest BCUT2D eigenvalue weighted by molar-refractivity contribution is -0.148. The molecule has 1 heterocycles. The molecule has 3 aromatic rings. The fraction of sp³-hybridized carbons (Fsp3) is 0.344. The van der Waals surface area contributed by atoms with Crippen LogP contribution in [-0.4, -0.2) is 63.5 Å². The van der Waals surface area contributed by atoms with Crippen molar-refractivity contribution in [2.24, 2.45) is 5.41 Å². The molecular weight excluding hydrogens is 599 g/mol. The van der Waals surface area contributed by atoms with Crippen LogP contribution in [0.4, 0.5) is 13.2 Å². The highest BCUT2D eigenvalue weighted by Crippen LogP contribution is 2.48. The molecule has 44 heavy (non-hydrogen) atoms. The number of carbonyl (C=O) groups excluding carboxylic acids is 3. The first-order valence-corrected chi connectivity index (χ1v) is 14.2. The van der Waals surface area contributed by atoms with Crippen LogP contribution in [-0.2, 0) is 22.6 Å². The molecule has 234 valence electrons. The number of amides is 3. The van der Waals surface area contributed by atoms with Crippen LogP contribution in [0.15, 0.2) is 66.7 Å². The van der Waals surface area contributed by atoms with Crippen LogP contribution in [0.25, 0.3) is 0 Å². The predicted molar refractivity (Wildman–Crippen MR) is 158 cm³/mol. The van der Waals surface area contributed by atoms with Crippen LogP contribution in [0.2, 0.25) is 5.02 Å². The van der Waals surface area contributed by atoms with Gasteiger partial charge in [0, 0.05) is 22.7 Å². The number of nitrogens with zero attached hydrogens (tertiary/aromatic N) is 1. The standard InChI is InChI=1S/C32H33ClF3N3O5/c1-18-22(10-7-11-25(18)40)28(42)38-24(14-19-8-5-4-6-9-19)26(41)30(44)39-17-32(35,36)31(2,3)27(39)29(43)37-16-20-12-13-21(34)15-23(20)33/h4-13,15,24,26-27,40-41H,14,16-17H2,1-3H3,(H,37,43)(H,38,42). The van der Waals surface area contributed by atoms with Crippen molar-refractivity contribution in [2.75, 3.05) is 6.54 Å². The van der Waals surface area contributed by atoms with E-state index in [1.807, 2.05) is 0 Å². The second kappa shape index (κ2) is 12.9. The molecule has 0 saturated carbocycles. The van der Waals surface area contributed by atoms with Crippen LogP contribution in [0.5, 0.6) is 5.75 Å². The van der Waals surface area contributed by atoms with Crippen LogP contribution >= 0.6 is 11.6 Å². The number of phenols is 1. The molecule has 0 spiro atoms. The van der Waals surface area contributed by atoms with Gasteiger partial charge >= 0.3 is 0 Å². The number of carbonyl (C=O) groups is 3. The Morgan fingerprint density at radius 2 is 1.75 bits per heavy atom. The van der Waals surface area contributed by atoms with E-state index in [9.17, 15) is 29.0 Å². The minimum absolute atomic E-state index is 0.0196. The van der Waals surface area contributed by atoms with Gasteiger partial charge in [0.2, 0.25) is 5.91 Å². The van der Waals surface area contributed by atoms with Gasteiger partial charge in [0.05, 0.1) is 18.0 Å². The van der Waals surface area contributed by atoms with Crippen molar-refractivity contribution in [3.63, 3.8) is 0 Å². The molecule has 0 aromatic heterocycles. The Hall–Kier alpha value is -4.09. The summed E-state index contributed by atoms with van der Waals surface area (Å²) < 4.78 is 44.1. The summed E-state index contributed by atoms with van der Waals surface area (Å²) in [7, 11) is 0. The molecule has 8 nitrogen and oxygen atoms in total. The zero-order valence-corrected chi connectivity index (χ0v) is 25.0. The number of likely N-dealkylation sites (tertiary alicyclic amines) is 1. The zero-order valence-electron chi connectivity index (χ0n) is 24.3. The molecule has 12 heteroatoms. The normalized spacial score (nSPS) is 18.4. The van der Waals surface area contributed by atoms with Gasteiger partial charge in [-0.05, 0) is 48.7 Å². The lowest BCUT2D eigenvalue weighted by Gasteiger charge is -2.34. The van der Waals surface area contributed by atoms with E-state index in [0.717, 1.165) is 26.0 Å². The van der Waals surface area contributed by atoms with Crippen molar-refractivity contribution >= 4 is 29.3 Å². The Balaban J connectivity index is 1.62. The lowest BCUT2D eigenvalue weighted by Crippen LogP contribution is -2.57. The number of alkyl halides is 2. The minimum Gasteiger partial charge on any atom is -0.508 e. The van der Waals surface area contributed by atoms with E-state index in [1.165, 1.54) is 31.2 Å². The monoisotopic (exact) mass is 631 g/mol. The number of nitrogens with one attached hydrogen (secondary N) is 2. The molecule has 4 rings (SSSR count). The van der Waals surface area contributed by atoms with E-state index in [4.69, 9.17) is 11.6 Å². The van der Waals surface area contributed by atoms with Gasteiger partial charge in [-0.3, -0.25) is 14.4 Å². The van der Waals surface area contributed by atoms with Crippen molar-refractivity contribution < 1.29 is 37.8 Å². The summed E-state index contributed by atoms with van der Waals surface area (Å²) >= 11 is 6.04. The molecule has 1 aliphatic rings. The van der Waals surface area contributed by atoms with Crippen molar-refractivity contribution in [2.45, 2.75) is 57.8 Å². The Morgan fingerprint density at radius 1 is 1.07 bits per heavy atom. The van der Waals surface area contributed by atoms with E-state index in [0.29, 0.717) is 16.0 Å². The third-order valence-electron chi connectivity index (χ3n) is 8.11. The van der Waals surface area contributed by atoms with Crippen molar-refractivity contribution in [1.82, 2.24) is 15.5 Å². The van der Waals surface area contributed by atoms with Crippen molar-refractivity contribution in [3.8, 4) is 5.75 Å². The van der Waals surface area contributed by atoms with Gasteiger partial charge in [-0.25, -0.2) is 13.2 Å². The summed E-state index contributed by atoms with van der Waals surface area (Å²) in [6.07, 6.45) is -2.08. The van der Waals surface area contributed by atoms with Gasteiger partial charge in [0.15, 0.2) is 6.10 Å². The number of aliphatic hydroxyl groups excluding tert-OH is 1. The molecular formula is C32H33ClF3N3O5. The van der Waals surface area contributed by atoms with E-state index < -0.39 is 59.6 Å². The summed E-state index contributed by atoms with van der Waals surface area (Å²) in [5.74, 6) is -7.05. The molecule has 3 aromatic carbocycles. The first-order chi connectivity index (χ1) is 20.6. The number of aromatic hydroxyl groups is 1. The van der Waals surface area contributed by atoms with Crippen LogP contribution < -0.4 is 10.6 Å². The van der Waals surface area contributed by atoms with E-state index >= 15 is 8.78 Å². The summed E-state index contributed by atoms with van der Waals surface area (Å²) in [5, 5.41) is 26.5. The molecule has 3 unspecified atom stereocenters. The van der Waals surface area contributed by atoms with Crippen molar-refractivity contribution in [1.29, 1.82) is 0 Å². The fourth-order valence-electron chi connectivity index (χ4n) is 5.28. The van der Waals surface area contributed by atoms with Gasteiger partial charge in [-0.1, -0.05) is 67.9 Å². The highest BCUT2D eigenvalue weighted by molar-refractivity contribution is 6.31. The van der Waals surface area contributed by atoms with Gasteiger partial charge in [0.1, 0.15) is 17.6 Å². The predicted octanol–water partition coefficient (Wildman–Crippen LogP) is 4.38. The molecule has 0 radical (unpaired) electrons. The summed E-state index contributed by atoms with van der Waals surface area (Å²) in [6.45, 7) is 2.44. The van der Waals surface area contributed by atoms with Gasteiger partial charge in [-0.15, -0.1) is 0 Å². The van der Waals surface area contributed by atoms with E-state index in [1.54, 1.807) is 30.3 Å². The maximum atomic E-state index is 15.3. The van der Waals surface area contributed by atoms with Gasteiger partial charge in [-0.2, -0.15) is 0 Å². The van der Waals surface area contributed by atoms with Crippen LogP contribution in [0.1, 0.15) is 40.9 Å². The topological polar surface area (TPSA) is 119 Å². The largest absolute Gasteiger partial charge is 0.508 e. The minimum atomic E-state index is -3.52. The first-order valence-electron chi connectivity index (χ1n) is 13.9. The molecule has 3 amide bonds. The maximum Gasteiger partial charge on any atom is 0.272 e. The Kier molecular flexibility index (Phi) is 9.60. The summed E-state index contributed by atoms with van der Waals surface area (Å²) in [6, 6.07) is 13.4. The summed E-state index contributed by atoms with van der Waals surface area (Å²) in [5.41, 5.74) is -0.725. The molecule has 0 aliphatic carbocycles. The molecule has 1 fully saturated rings. The lowest BCUT2D eigenvalue weighted by atomic mass is 9.81. The Morgan fingerprint density at radius 3 is 2.41 bits per heavy atom. The SMILES string of the molecule is Cc1c(O)cccc1C(=O)NC(Cc1ccccc1)C(O)C(=O)N1CC(F)(F)C(C)(C)C1C(=O)NCc1ccc(F)cc1Cl. The average Bonchev–Trinajstić information content (AvgIpc) is 3.16. The highest BCUT2D eigenvalue weighted by Gasteiger charge is 2.64. The second-order valence-corrected chi connectivity index (χ2v) is 11.8. The third-order valence-corrected chi connectivity index (χ3v) is 8.46. The highest BCUT2D eigenvalue weighted by atomic mass is 35.5. The number of hydrogen-bond donors (Lipinski definition) is 4. The second-order valence-electron chi connectivity index (χ2n) is 11.4. The number of aliphatic hydroxyl groups is 1. The van der Waals surface area contributed by atoms with Crippen LogP contribution in [0, 0.1) is 18.2 Å². The van der Waals surface area contributed by atoms with Gasteiger partial charge < -0.3 is 25.7 Å². The Bertz CT molecular complexity index is 1550. The van der Waals surface area contributed by atoms with Crippen LogP contribution in [0.3, 0.4) is 0 Å². The number of phenolic OH excluding ortho intramolecular Hbond substituents is 1. The quantitative estimate of drug-likeness (QED) is 0.280. The maximum absolute atomic E-state index is 15.3. The Labute approximate surface area is 257 Å². The smallest absolute Gasteiger partial charge is 0.272 e. The molecule has 0 bridgehead atoms. The van der Waals surface area contributed by atoms with E-state index in [-0.39, 0.29) is 34.9 Å². The van der Waals surface area contributed by atoms with E-state index in [2.05, 4.69) is 10.6 Å². The molecule has 3 atom stereocenters.